The maximum atomic E-state index is 4.54. The fourth-order valence-corrected chi connectivity index (χ4v) is 4.67. The number of aryl methyl sites for hydroxylation is 1. The van der Waals surface area contributed by atoms with Crippen LogP contribution in [0.5, 0.6) is 0 Å². The standard InChI is InChI=1S/C24H20N4S/c1-17-21(20-14-8-9-15-22(20)25-17)16-29-24-27-26-23(18-10-4-2-5-11-18)28(24)19-12-6-3-7-13-19/h2-15,25H,16H2,1H3. The Bertz CT molecular complexity index is 1260. The van der Waals surface area contributed by atoms with Crippen LogP contribution in [0.4, 0.5) is 0 Å². The average molecular weight is 397 g/mol. The van der Waals surface area contributed by atoms with E-state index in [0.29, 0.717) is 0 Å². The highest BCUT2D eigenvalue weighted by Gasteiger charge is 2.17. The molecule has 0 aliphatic heterocycles. The van der Waals surface area contributed by atoms with Gasteiger partial charge in [0.25, 0.3) is 0 Å². The van der Waals surface area contributed by atoms with Crippen molar-refractivity contribution < 1.29 is 0 Å². The number of rotatable bonds is 5. The molecule has 3 aromatic carbocycles. The maximum Gasteiger partial charge on any atom is 0.196 e. The van der Waals surface area contributed by atoms with E-state index in [1.807, 2.05) is 36.4 Å². The van der Waals surface area contributed by atoms with E-state index in [9.17, 15) is 0 Å². The summed E-state index contributed by atoms with van der Waals surface area (Å²) in [5.41, 5.74) is 5.81. The minimum Gasteiger partial charge on any atom is -0.358 e. The maximum absolute atomic E-state index is 4.54. The van der Waals surface area contributed by atoms with Crippen LogP contribution in [0.2, 0.25) is 0 Å². The molecule has 2 heterocycles. The zero-order chi connectivity index (χ0) is 19.6. The molecule has 1 N–H and O–H groups in total. The minimum absolute atomic E-state index is 0.829. The average Bonchev–Trinajstić information content (AvgIpc) is 3.34. The zero-order valence-corrected chi connectivity index (χ0v) is 16.9. The van der Waals surface area contributed by atoms with E-state index in [1.165, 1.54) is 22.2 Å². The molecule has 0 saturated heterocycles. The Morgan fingerprint density at radius 2 is 1.52 bits per heavy atom. The molecule has 4 nitrogen and oxygen atoms in total. The van der Waals surface area contributed by atoms with E-state index < -0.39 is 0 Å². The first-order chi connectivity index (χ1) is 14.3. The van der Waals surface area contributed by atoms with Gasteiger partial charge in [-0.15, -0.1) is 10.2 Å². The number of thioether (sulfide) groups is 1. The van der Waals surface area contributed by atoms with Crippen LogP contribution < -0.4 is 0 Å². The Morgan fingerprint density at radius 3 is 2.31 bits per heavy atom. The Hall–Kier alpha value is -3.31. The quantitative estimate of drug-likeness (QED) is 0.370. The van der Waals surface area contributed by atoms with Gasteiger partial charge in [0, 0.05) is 33.6 Å². The highest BCUT2D eigenvalue weighted by molar-refractivity contribution is 7.98. The fourth-order valence-electron chi connectivity index (χ4n) is 3.60. The van der Waals surface area contributed by atoms with Gasteiger partial charge in [0.1, 0.15) is 0 Å². The van der Waals surface area contributed by atoms with Crippen molar-refractivity contribution in [3.05, 3.63) is 96.2 Å². The number of nitrogens with zero attached hydrogens (tertiary/aromatic N) is 3. The summed E-state index contributed by atoms with van der Waals surface area (Å²) in [5, 5.41) is 11.2. The molecule has 0 aliphatic rings. The van der Waals surface area contributed by atoms with E-state index in [4.69, 9.17) is 0 Å². The van der Waals surface area contributed by atoms with Gasteiger partial charge in [0.2, 0.25) is 0 Å². The number of H-pyrrole nitrogens is 1. The molecule has 0 atom stereocenters. The summed E-state index contributed by atoms with van der Waals surface area (Å²) in [6, 6.07) is 29.0. The van der Waals surface area contributed by atoms with Crippen molar-refractivity contribution >= 4 is 22.7 Å². The van der Waals surface area contributed by atoms with E-state index in [-0.39, 0.29) is 0 Å². The van der Waals surface area contributed by atoms with Crippen molar-refractivity contribution in [2.75, 3.05) is 0 Å². The third kappa shape index (κ3) is 3.34. The molecule has 0 fully saturated rings. The minimum atomic E-state index is 0.829. The molecule has 0 aliphatic carbocycles. The number of para-hydroxylation sites is 2. The van der Waals surface area contributed by atoms with Gasteiger partial charge in [-0.2, -0.15) is 0 Å². The normalized spacial score (nSPS) is 11.2. The van der Waals surface area contributed by atoms with Gasteiger partial charge < -0.3 is 4.98 Å². The summed E-state index contributed by atoms with van der Waals surface area (Å²) in [6.45, 7) is 2.13. The topological polar surface area (TPSA) is 46.5 Å². The van der Waals surface area contributed by atoms with Crippen molar-refractivity contribution in [2.24, 2.45) is 0 Å². The van der Waals surface area contributed by atoms with Crippen LogP contribution in [0, 0.1) is 6.92 Å². The molecule has 0 spiro atoms. The molecule has 0 radical (unpaired) electrons. The molecule has 0 amide bonds. The summed E-state index contributed by atoms with van der Waals surface area (Å²) in [5.74, 6) is 1.69. The lowest BCUT2D eigenvalue weighted by atomic mass is 10.1. The summed E-state index contributed by atoms with van der Waals surface area (Å²) in [4.78, 5) is 3.48. The smallest absolute Gasteiger partial charge is 0.196 e. The molecule has 5 heteroatoms. The Morgan fingerprint density at radius 1 is 0.828 bits per heavy atom. The van der Waals surface area contributed by atoms with Crippen LogP contribution in [-0.4, -0.2) is 19.7 Å². The first kappa shape index (κ1) is 17.8. The molecule has 0 saturated carbocycles. The third-order valence-electron chi connectivity index (χ3n) is 5.05. The predicted molar refractivity (Wildman–Crippen MR) is 119 cm³/mol. The third-order valence-corrected chi connectivity index (χ3v) is 6.01. The Kier molecular flexibility index (Phi) is 4.66. The molecule has 0 bridgehead atoms. The van der Waals surface area contributed by atoms with E-state index in [0.717, 1.165) is 28.0 Å². The van der Waals surface area contributed by atoms with Crippen LogP contribution in [0.1, 0.15) is 11.3 Å². The van der Waals surface area contributed by atoms with Crippen molar-refractivity contribution in [1.29, 1.82) is 0 Å². The van der Waals surface area contributed by atoms with Gasteiger partial charge in [-0.1, -0.05) is 78.5 Å². The number of nitrogens with one attached hydrogen (secondary N) is 1. The summed E-state index contributed by atoms with van der Waals surface area (Å²) < 4.78 is 2.14. The molecule has 2 aromatic heterocycles. The van der Waals surface area contributed by atoms with Crippen molar-refractivity contribution in [1.82, 2.24) is 19.7 Å². The van der Waals surface area contributed by atoms with Crippen LogP contribution in [0.15, 0.2) is 90.1 Å². The summed E-state index contributed by atoms with van der Waals surface area (Å²) in [6.07, 6.45) is 0. The van der Waals surface area contributed by atoms with Crippen LogP contribution in [0.3, 0.4) is 0 Å². The first-order valence-corrected chi connectivity index (χ1v) is 10.5. The van der Waals surface area contributed by atoms with E-state index in [2.05, 4.69) is 75.2 Å². The van der Waals surface area contributed by atoms with Crippen LogP contribution >= 0.6 is 11.8 Å². The molecule has 142 valence electrons. The predicted octanol–water partition coefficient (Wildman–Crippen LogP) is 6.02. The molecule has 0 unspecified atom stereocenters. The van der Waals surface area contributed by atoms with Gasteiger partial charge in [-0.3, -0.25) is 4.57 Å². The lowest BCUT2D eigenvalue weighted by Gasteiger charge is -2.10. The van der Waals surface area contributed by atoms with Gasteiger partial charge in [0.15, 0.2) is 11.0 Å². The number of benzene rings is 3. The first-order valence-electron chi connectivity index (χ1n) is 9.56. The second-order valence-corrected chi connectivity index (χ2v) is 7.85. The summed E-state index contributed by atoms with van der Waals surface area (Å²) in [7, 11) is 0. The number of hydrogen-bond donors (Lipinski definition) is 1. The fraction of sp³-hybridized carbons (Fsp3) is 0.0833. The largest absolute Gasteiger partial charge is 0.358 e. The number of fused-ring (bicyclic) bond motifs is 1. The molecule has 29 heavy (non-hydrogen) atoms. The lowest BCUT2D eigenvalue weighted by Crippen LogP contribution is -1.99. The molecular weight excluding hydrogens is 376 g/mol. The monoisotopic (exact) mass is 396 g/mol. The van der Waals surface area contributed by atoms with Crippen molar-refractivity contribution in [3.63, 3.8) is 0 Å². The van der Waals surface area contributed by atoms with Crippen molar-refractivity contribution in [2.45, 2.75) is 17.8 Å². The van der Waals surface area contributed by atoms with Crippen LogP contribution in [-0.2, 0) is 5.75 Å². The second kappa shape index (κ2) is 7.60. The Labute approximate surface area is 173 Å². The molecular formula is C24H20N4S. The highest BCUT2D eigenvalue weighted by atomic mass is 32.2. The zero-order valence-electron chi connectivity index (χ0n) is 16.0. The van der Waals surface area contributed by atoms with Gasteiger partial charge in [-0.25, -0.2) is 0 Å². The van der Waals surface area contributed by atoms with Gasteiger partial charge >= 0.3 is 0 Å². The molecule has 5 rings (SSSR count). The number of aromatic amines is 1. The second-order valence-electron chi connectivity index (χ2n) is 6.91. The van der Waals surface area contributed by atoms with Crippen molar-refractivity contribution in [3.8, 4) is 17.1 Å². The van der Waals surface area contributed by atoms with E-state index in [1.54, 1.807) is 11.8 Å². The summed E-state index contributed by atoms with van der Waals surface area (Å²) >= 11 is 1.71. The Balaban J connectivity index is 1.55. The highest BCUT2D eigenvalue weighted by Crippen LogP contribution is 2.32. The van der Waals surface area contributed by atoms with Gasteiger partial charge in [0.05, 0.1) is 0 Å². The number of aromatic nitrogens is 4. The van der Waals surface area contributed by atoms with E-state index >= 15 is 0 Å². The number of hydrogen-bond acceptors (Lipinski definition) is 3. The lowest BCUT2D eigenvalue weighted by molar-refractivity contribution is 0.886. The SMILES string of the molecule is Cc1[nH]c2ccccc2c1CSc1nnc(-c2ccccc2)n1-c1ccccc1. The molecule has 5 aromatic rings. The van der Waals surface area contributed by atoms with Crippen LogP contribution in [0.25, 0.3) is 28.0 Å². The van der Waals surface area contributed by atoms with Gasteiger partial charge in [-0.05, 0) is 30.7 Å².